The summed E-state index contributed by atoms with van der Waals surface area (Å²) in [5.41, 5.74) is 21.7. The van der Waals surface area contributed by atoms with E-state index in [1.165, 1.54) is 77.8 Å². The van der Waals surface area contributed by atoms with Gasteiger partial charge >= 0.3 is 11.9 Å². The number of carboxylic acids is 2. The summed E-state index contributed by atoms with van der Waals surface area (Å²) in [6, 6.07) is 10.9. The number of carboxylic acid groups (broad SMARTS) is 2. The van der Waals surface area contributed by atoms with Crippen LogP contribution < -0.4 is 49.6 Å². The standard InChI is InChI=1S/2C58H78N2O5.2C2H6.2CH3/c2*1-30-33(4)52(11,12)59-44-37(30)31(2)38-40(36-27-34(28-64-29-61)25-26-35(36)48(62)63)39-32(3)41-45-43(47(39)65-46(38)42(44)50(7,8)54(15,16)56(59,19)20)51(9,10)55(17,18)58(23,24)60(45)57(21,22)53(13,14)49(41,5)6;2*1-2;;/h2*25-27,29H,28H2,1-24H3;2*1-2H3;2*1H3/q;;;;2*-1/p+2. The highest BCUT2D eigenvalue weighted by molar-refractivity contribution is 6.04. The number of hydrogen-bond donors (Lipinski definition) is 2. The summed E-state index contributed by atoms with van der Waals surface area (Å²) < 4.78 is 32.4. The Hall–Kier alpha value is -8.78. The van der Waals surface area contributed by atoms with Crippen molar-refractivity contribution in [3.05, 3.63) is 195 Å². The summed E-state index contributed by atoms with van der Waals surface area (Å²) in [4.78, 5) is 56.5. The van der Waals surface area contributed by atoms with Crippen LogP contribution in [0.4, 0.5) is 11.4 Å². The van der Waals surface area contributed by atoms with E-state index < -0.39 is 33.6 Å². The molecule has 0 spiro atoms. The Morgan fingerprint density at radius 1 is 0.346 bits per heavy atom. The third kappa shape index (κ3) is 12.2. The van der Waals surface area contributed by atoms with Gasteiger partial charge in [-0.25, -0.2) is 18.7 Å². The van der Waals surface area contributed by atoms with Gasteiger partial charge in [0.1, 0.15) is 36.2 Å². The van der Waals surface area contributed by atoms with Gasteiger partial charge in [-0.05, 0) is 234 Å². The molecule has 14 heteroatoms. The summed E-state index contributed by atoms with van der Waals surface area (Å²) in [6.45, 7) is 124. The Bertz CT molecular complexity index is 6150. The Balaban J connectivity index is 0.000000249. The van der Waals surface area contributed by atoms with Crippen molar-refractivity contribution in [3.63, 3.8) is 0 Å². The molecule has 0 atom stereocenters. The molecule has 16 rings (SSSR count). The minimum absolute atomic E-state index is 0. The number of fused-ring (bicyclic) bond motifs is 8. The van der Waals surface area contributed by atoms with Crippen molar-refractivity contribution in [1.82, 2.24) is 9.15 Å². The predicted molar refractivity (Wildman–Crippen MR) is 568 cm³/mol. The van der Waals surface area contributed by atoms with Gasteiger partial charge in [-0.2, -0.15) is 0 Å². The van der Waals surface area contributed by atoms with Crippen LogP contribution in [0.5, 0.6) is 23.0 Å². The Morgan fingerprint density at radius 2 is 0.596 bits per heavy atom. The lowest BCUT2D eigenvalue weighted by Crippen LogP contribution is -2.76. The molecule has 0 aliphatic carbocycles. The van der Waals surface area contributed by atoms with Gasteiger partial charge in [-0.1, -0.05) is 206 Å². The molecule has 0 saturated carbocycles. The molecule has 2 N–H and O–H groups in total. The van der Waals surface area contributed by atoms with Crippen LogP contribution in [0.2, 0.25) is 0 Å². The van der Waals surface area contributed by atoms with Crippen molar-refractivity contribution < 1.29 is 48.3 Å². The van der Waals surface area contributed by atoms with Gasteiger partial charge in [-0.3, -0.25) is 9.59 Å². The molecule has 0 amide bonds. The van der Waals surface area contributed by atoms with Crippen molar-refractivity contribution in [2.75, 3.05) is 9.80 Å². The normalized spacial score (nSPS) is 23.2. The molecule has 0 fully saturated rings. The number of ether oxygens (including phenoxy) is 4. The minimum atomic E-state index is -1.01. The second-order valence-corrected chi connectivity index (χ2v) is 51.7. The number of rotatable bonds is 10. The quantitative estimate of drug-likeness (QED) is 0.0760. The lowest BCUT2D eigenvalue weighted by Gasteiger charge is -2.73. The smallest absolute Gasteiger partial charge is 0.336 e. The summed E-state index contributed by atoms with van der Waals surface area (Å²) in [5, 5.41) is 26.9. The molecule has 6 aromatic carbocycles. The van der Waals surface area contributed by atoms with Gasteiger partial charge in [0.05, 0.1) is 33.4 Å². The molecule has 6 aromatic rings. The number of carbonyl (C=O) groups is 4. The lowest BCUT2D eigenvalue weighted by atomic mass is 9.45. The second-order valence-electron chi connectivity index (χ2n) is 51.7. The van der Waals surface area contributed by atoms with Crippen LogP contribution in [-0.4, -0.2) is 79.4 Å². The van der Waals surface area contributed by atoms with Crippen LogP contribution in [0.15, 0.2) is 47.5 Å². The van der Waals surface area contributed by atoms with Gasteiger partial charge in [-0.15, -0.1) is 0 Å². The molecular weight excluding hydrogens is 1680 g/mol. The molecule has 0 aromatic heterocycles. The molecule has 14 nitrogen and oxygen atoms in total. The number of nitrogens with zero attached hydrogens (tertiary/aromatic N) is 4. The highest BCUT2D eigenvalue weighted by atomic mass is 16.5. The average molecular weight is 1860 g/mol. The minimum Gasteiger partial charge on any atom is -0.478 e. The molecule has 0 saturated heterocycles. The fraction of sp³-hybridized carbons (Fsp3) is 0.607. The number of hydrogen-bond acceptors (Lipinski definition) is 10. The lowest BCUT2D eigenvalue weighted by molar-refractivity contribution is -0.130. The Morgan fingerprint density at radius 3 is 0.846 bits per heavy atom. The Kier molecular flexibility index (Phi) is 24.8. The fourth-order valence-electron chi connectivity index (χ4n) is 28.8. The first kappa shape index (κ1) is 108. The van der Waals surface area contributed by atoms with Crippen LogP contribution in [0.3, 0.4) is 0 Å². The first-order chi connectivity index (χ1) is 60.7. The molecule has 10 aliphatic rings. The van der Waals surface area contributed by atoms with E-state index in [0.717, 1.165) is 89.1 Å². The number of anilines is 2. The predicted octanol–water partition coefficient (Wildman–Crippen LogP) is 27.4. The molecule has 10 aliphatic heterocycles. The monoisotopic (exact) mass is 1860 g/mol. The zero-order chi connectivity index (χ0) is 102. The van der Waals surface area contributed by atoms with Gasteiger partial charge in [0.15, 0.2) is 22.2 Å². The van der Waals surface area contributed by atoms with Crippen molar-refractivity contribution in [1.29, 1.82) is 0 Å². The van der Waals surface area contributed by atoms with Crippen LogP contribution in [0.1, 0.15) is 453 Å². The van der Waals surface area contributed by atoms with E-state index in [2.05, 4.69) is 351 Å². The third-order valence-electron chi connectivity index (χ3n) is 43.3. The van der Waals surface area contributed by atoms with Crippen LogP contribution >= 0.6 is 0 Å². The molecule has 10 heterocycles. The van der Waals surface area contributed by atoms with Crippen LogP contribution in [-0.2, 0) is 64.8 Å². The van der Waals surface area contributed by atoms with E-state index in [-0.39, 0.29) is 127 Å². The first-order valence-corrected chi connectivity index (χ1v) is 50.1. The van der Waals surface area contributed by atoms with Gasteiger partial charge < -0.3 is 53.8 Å². The first-order valence-electron chi connectivity index (χ1n) is 50.1. The highest BCUT2D eigenvalue weighted by Gasteiger charge is 2.73. The average Bonchev–Trinajstić information content (AvgIpc) is 0.647. The fourth-order valence-corrected chi connectivity index (χ4v) is 28.8. The molecule has 136 heavy (non-hydrogen) atoms. The maximum Gasteiger partial charge on any atom is 0.336 e. The molecule has 744 valence electrons. The number of allylic oxidation sites excluding steroid dienone is 2. The van der Waals surface area contributed by atoms with Gasteiger partial charge in [0, 0.05) is 176 Å². The number of aromatic carboxylic acids is 2. The highest BCUT2D eigenvalue weighted by Crippen LogP contribution is 2.75. The zero-order valence-electron chi connectivity index (χ0n) is 95.0. The third-order valence-corrected chi connectivity index (χ3v) is 43.3. The van der Waals surface area contributed by atoms with Crippen molar-refractivity contribution in [2.45, 2.75) is 450 Å². The van der Waals surface area contributed by atoms with Gasteiger partial charge in [0.25, 0.3) is 12.9 Å². The maximum absolute atomic E-state index is 13.8. The van der Waals surface area contributed by atoms with E-state index in [0.29, 0.717) is 35.2 Å². The van der Waals surface area contributed by atoms with Crippen LogP contribution in [0.25, 0.3) is 22.3 Å². The topological polar surface area (TPSA) is 158 Å². The van der Waals surface area contributed by atoms with E-state index in [1.807, 2.05) is 39.8 Å². The zero-order valence-corrected chi connectivity index (χ0v) is 95.0. The van der Waals surface area contributed by atoms with E-state index in [1.54, 1.807) is 24.3 Å². The van der Waals surface area contributed by atoms with E-state index in [4.69, 9.17) is 18.9 Å². The number of benzene rings is 6. The summed E-state index contributed by atoms with van der Waals surface area (Å²) >= 11 is 0. The second kappa shape index (κ2) is 31.4. The summed E-state index contributed by atoms with van der Waals surface area (Å²) in [7, 11) is 0. The summed E-state index contributed by atoms with van der Waals surface area (Å²) in [6.07, 6.45) is 0. The SMILES string of the molecule is CC.CC.CC1=C(C)C(C)(C)[N+]2=c3c1c(C)c1c(c3C(C)(C)C(C)(C)C2(C)C)Oc2c(c(C)c3c4c2C(C)(C)C(C)(C)C(C)(C)N4C(C)(C)C(C)(C)C3(C)C)C=1c1cc(COC=O)ccc1C(=O)O.CC1=C(C)C(C)(C)[N+]2=c3c1c(C)c1c(c3C(C)(C)C(C)(C)C2(C)C)Oc2c(c(C)c3c4c2C(C)(C)C(C)(C)C(C)(C)N4C(C)(C)C(C)(C)C3(C)C)C=1c1cc(COC=O)ccc1C(=O)O.[CH3-].[CH3-]. The Labute approximate surface area is 821 Å². The van der Waals surface area contributed by atoms with Gasteiger partial charge in [0.2, 0.25) is 10.7 Å². The van der Waals surface area contributed by atoms with Crippen molar-refractivity contribution in [2.24, 2.45) is 32.5 Å². The molecule has 0 unspecified atom stereocenters. The molecular formula is C122H176N4O10. The number of carbonyl (C=O) groups excluding carboxylic acids is 2. The van der Waals surface area contributed by atoms with E-state index >= 15 is 0 Å². The van der Waals surface area contributed by atoms with Crippen molar-refractivity contribution in [3.8, 4) is 23.0 Å². The summed E-state index contributed by atoms with van der Waals surface area (Å²) in [5.74, 6) is 1.23. The molecule has 0 bridgehead atoms. The van der Waals surface area contributed by atoms with Crippen LogP contribution in [0, 0.1) is 75.0 Å². The van der Waals surface area contributed by atoms with Crippen molar-refractivity contribution >= 4 is 58.6 Å². The largest absolute Gasteiger partial charge is 0.478 e. The van der Waals surface area contributed by atoms with E-state index in [9.17, 15) is 29.4 Å². The maximum atomic E-state index is 13.8. The molecule has 0 radical (unpaired) electrons.